The van der Waals surface area contributed by atoms with Gasteiger partial charge in [-0.2, -0.15) is 5.10 Å². The molecule has 0 aliphatic carbocycles. The number of nitrogens with zero attached hydrogens (tertiary/aromatic N) is 3. The molecule has 0 radical (unpaired) electrons. The monoisotopic (exact) mass is 424 g/mol. The number of likely N-dealkylation sites (tertiary alicyclic amines) is 1. The van der Waals surface area contributed by atoms with E-state index < -0.39 is 0 Å². The molecule has 30 heavy (non-hydrogen) atoms. The highest BCUT2D eigenvalue weighted by Gasteiger charge is 2.35. The van der Waals surface area contributed by atoms with Gasteiger partial charge in [-0.15, -0.1) is 12.4 Å². The Hall–Kier alpha value is -2.63. The van der Waals surface area contributed by atoms with Crippen LogP contribution in [0, 0.1) is 19.8 Å². The number of halogens is 1. The van der Waals surface area contributed by atoms with Gasteiger partial charge in [-0.3, -0.25) is 9.48 Å². The lowest BCUT2D eigenvalue weighted by Crippen LogP contribution is -2.29. The van der Waals surface area contributed by atoms with E-state index in [1.807, 2.05) is 46.8 Å². The quantitative estimate of drug-likeness (QED) is 0.677. The highest BCUT2D eigenvalue weighted by molar-refractivity contribution is 5.94. The van der Waals surface area contributed by atoms with Crippen LogP contribution in [0.15, 0.2) is 60.7 Å². The van der Waals surface area contributed by atoms with Gasteiger partial charge in [0, 0.05) is 30.3 Å². The number of hydrogen-bond acceptors (Lipinski definition) is 3. The third-order valence-corrected chi connectivity index (χ3v) is 5.87. The van der Waals surface area contributed by atoms with E-state index in [2.05, 4.69) is 42.4 Å². The van der Waals surface area contributed by atoms with Crippen molar-refractivity contribution in [3.8, 4) is 0 Å². The van der Waals surface area contributed by atoms with E-state index in [0.717, 1.165) is 22.5 Å². The third-order valence-electron chi connectivity index (χ3n) is 5.87. The summed E-state index contributed by atoms with van der Waals surface area (Å²) in [6.45, 7) is 6.72. The number of benzene rings is 2. The minimum Gasteiger partial charge on any atom is -0.338 e. The highest BCUT2D eigenvalue weighted by Crippen LogP contribution is 2.32. The lowest BCUT2D eigenvalue weighted by atomic mass is 9.89. The van der Waals surface area contributed by atoms with Crippen LogP contribution in [0.25, 0.3) is 0 Å². The van der Waals surface area contributed by atoms with Gasteiger partial charge in [-0.05, 0) is 55.6 Å². The highest BCUT2D eigenvalue weighted by atomic mass is 35.5. The van der Waals surface area contributed by atoms with E-state index in [1.165, 1.54) is 5.56 Å². The number of amides is 1. The summed E-state index contributed by atoms with van der Waals surface area (Å²) in [6.07, 6.45) is 0. The molecule has 1 aliphatic heterocycles. The van der Waals surface area contributed by atoms with Gasteiger partial charge < -0.3 is 10.6 Å². The molecule has 6 heteroatoms. The van der Waals surface area contributed by atoms with E-state index in [4.69, 9.17) is 5.73 Å². The SMILES string of the molecule is Cc1cc(C)n(Cc2cccc(C(=O)N3C[C@@H](CN)[C@H](c4ccccc4)C3)c2)n1.Cl. The van der Waals surface area contributed by atoms with Crippen LogP contribution in [-0.4, -0.2) is 40.2 Å². The summed E-state index contributed by atoms with van der Waals surface area (Å²) in [7, 11) is 0. The molecule has 1 aliphatic rings. The van der Waals surface area contributed by atoms with Gasteiger partial charge in [-0.1, -0.05) is 42.5 Å². The summed E-state index contributed by atoms with van der Waals surface area (Å²) in [4.78, 5) is 15.2. The topological polar surface area (TPSA) is 64.2 Å². The van der Waals surface area contributed by atoms with Crippen molar-refractivity contribution in [2.45, 2.75) is 26.3 Å². The Bertz CT molecular complexity index is 1000. The summed E-state index contributed by atoms with van der Waals surface area (Å²) in [6, 6.07) is 20.4. The molecule has 3 aromatic rings. The van der Waals surface area contributed by atoms with Crippen LogP contribution in [0.4, 0.5) is 0 Å². The van der Waals surface area contributed by atoms with Crippen LogP contribution in [-0.2, 0) is 6.54 Å². The number of nitrogens with two attached hydrogens (primary N) is 1. The molecule has 2 aromatic carbocycles. The molecule has 0 spiro atoms. The average molecular weight is 425 g/mol. The van der Waals surface area contributed by atoms with Crippen molar-refractivity contribution in [2.75, 3.05) is 19.6 Å². The maximum absolute atomic E-state index is 13.2. The first-order chi connectivity index (χ1) is 14.0. The smallest absolute Gasteiger partial charge is 0.253 e. The Balaban J connectivity index is 0.00000256. The molecule has 5 nitrogen and oxygen atoms in total. The summed E-state index contributed by atoms with van der Waals surface area (Å²) < 4.78 is 1.98. The lowest BCUT2D eigenvalue weighted by Gasteiger charge is -2.17. The zero-order valence-corrected chi connectivity index (χ0v) is 18.3. The molecular weight excluding hydrogens is 396 g/mol. The Morgan fingerprint density at radius 3 is 2.50 bits per heavy atom. The number of carbonyl (C=O) groups is 1. The predicted molar refractivity (Wildman–Crippen MR) is 122 cm³/mol. The van der Waals surface area contributed by atoms with Crippen molar-refractivity contribution in [1.29, 1.82) is 0 Å². The van der Waals surface area contributed by atoms with Gasteiger partial charge in [0.1, 0.15) is 0 Å². The molecule has 0 saturated carbocycles. The summed E-state index contributed by atoms with van der Waals surface area (Å²) in [5, 5.41) is 4.53. The van der Waals surface area contributed by atoms with Gasteiger partial charge in [0.25, 0.3) is 5.91 Å². The fraction of sp³-hybridized carbons (Fsp3) is 0.333. The Kier molecular flexibility index (Phi) is 6.95. The standard InChI is InChI=1S/C24H28N4O.ClH/c1-17-11-18(2)28(26-17)14-19-7-6-10-21(12-19)24(29)27-15-22(13-25)23(16-27)20-8-4-3-5-9-20;/h3-12,22-23H,13-16,25H2,1-2H3;1H/t22-,23+;/m1./s1. The molecule has 158 valence electrons. The number of hydrogen-bond donors (Lipinski definition) is 1. The Morgan fingerprint density at radius 1 is 1.07 bits per heavy atom. The molecule has 2 atom stereocenters. The van der Waals surface area contributed by atoms with Crippen LogP contribution in [0.1, 0.15) is 38.8 Å². The molecule has 1 amide bonds. The van der Waals surface area contributed by atoms with Crippen molar-refractivity contribution < 1.29 is 4.79 Å². The third kappa shape index (κ3) is 4.58. The van der Waals surface area contributed by atoms with E-state index in [9.17, 15) is 4.79 Å². The van der Waals surface area contributed by atoms with Crippen LogP contribution < -0.4 is 5.73 Å². The van der Waals surface area contributed by atoms with Gasteiger partial charge in [0.05, 0.1) is 12.2 Å². The van der Waals surface area contributed by atoms with Crippen LogP contribution >= 0.6 is 12.4 Å². The van der Waals surface area contributed by atoms with E-state index in [0.29, 0.717) is 38.0 Å². The first-order valence-corrected chi connectivity index (χ1v) is 10.2. The van der Waals surface area contributed by atoms with Crippen molar-refractivity contribution >= 4 is 18.3 Å². The second kappa shape index (κ2) is 9.45. The fourth-order valence-electron chi connectivity index (χ4n) is 4.35. The van der Waals surface area contributed by atoms with E-state index in [1.54, 1.807) is 0 Å². The van der Waals surface area contributed by atoms with Crippen molar-refractivity contribution in [3.63, 3.8) is 0 Å². The van der Waals surface area contributed by atoms with Gasteiger partial charge >= 0.3 is 0 Å². The molecule has 2 heterocycles. The first kappa shape index (κ1) is 22.1. The lowest BCUT2D eigenvalue weighted by molar-refractivity contribution is 0.0786. The zero-order valence-electron chi connectivity index (χ0n) is 17.5. The molecule has 1 aromatic heterocycles. The second-order valence-electron chi connectivity index (χ2n) is 8.01. The second-order valence-corrected chi connectivity index (χ2v) is 8.01. The Morgan fingerprint density at radius 2 is 1.83 bits per heavy atom. The normalized spacial score (nSPS) is 18.3. The molecule has 0 unspecified atom stereocenters. The molecule has 1 saturated heterocycles. The molecular formula is C24H29ClN4O. The van der Waals surface area contributed by atoms with Crippen molar-refractivity contribution in [2.24, 2.45) is 11.7 Å². The summed E-state index contributed by atoms with van der Waals surface area (Å²) in [5.41, 5.74) is 11.2. The largest absolute Gasteiger partial charge is 0.338 e. The van der Waals surface area contributed by atoms with Gasteiger partial charge in [0.2, 0.25) is 0 Å². The molecule has 1 fully saturated rings. The van der Waals surface area contributed by atoms with Gasteiger partial charge in [0.15, 0.2) is 0 Å². The number of aromatic nitrogens is 2. The Labute approximate surface area is 184 Å². The van der Waals surface area contributed by atoms with Crippen LogP contribution in [0.2, 0.25) is 0 Å². The average Bonchev–Trinajstić information content (AvgIpc) is 3.31. The first-order valence-electron chi connectivity index (χ1n) is 10.2. The maximum Gasteiger partial charge on any atom is 0.253 e. The maximum atomic E-state index is 13.2. The molecule has 4 rings (SSSR count). The number of aryl methyl sites for hydroxylation is 2. The van der Waals surface area contributed by atoms with Crippen LogP contribution in [0.5, 0.6) is 0 Å². The molecule has 2 N–H and O–H groups in total. The number of carbonyl (C=O) groups excluding carboxylic acids is 1. The molecule has 0 bridgehead atoms. The minimum atomic E-state index is 0. The van der Waals surface area contributed by atoms with Crippen molar-refractivity contribution in [1.82, 2.24) is 14.7 Å². The summed E-state index contributed by atoms with van der Waals surface area (Å²) in [5.74, 6) is 0.666. The predicted octanol–water partition coefficient (Wildman–Crippen LogP) is 3.78. The minimum absolute atomic E-state index is 0. The summed E-state index contributed by atoms with van der Waals surface area (Å²) >= 11 is 0. The van der Waals surface area contributed by atoms with Crippen molar-refractivity contribution in [3.05, 3.63) is 88.7 Å². The van der Waals surface area contributed by atoms with E-state index >= 15 is 0 Å². The number of rotatable bonds is 5. The van der Waals surface area contributed by atoms with Gasteiger partial charge in [-0.25, -0.2) is 0 Å². The fourth-order valence-corrected chi connectivity index (χ4v) is 4.35. The van der Waals surface area contributed by atoms with Crippen LogP contribution in [0.3, 0.4) is 0 Å². The van der Waals surface area contributed by atoms with E-state index in [-0.39, 0.29) is 18.3 Å². The zero-order chi connectivity index (χ0) is 20.4.